The van der Waals surface area contributed by atoms with Crippen molar-refractivity contribution in [2.75, 3.05) is 0 Å². The molecule has 0 spiro atoms. The third-order valence-electron chi connectivity index (χ3n) is 2.54. The van der Waals surface area contributed by atoms with Crippen molar-refractivity contribution in [1.82, 2.24) is 0 Å². The molecule has 2 atom stereocenters. The molecule has 1 aromatic rings. The number of carboxylic acids is 1. The molecule has 0 aliphatic carbocycles. The van der Waals surface area contributed by atoms with E-state index in [2.05, 4.69) is 0 Å². The zero-order valence-electron chi connectivity index (χ0n) is 8.22. The van der Waals surface area contributed by atoms with Gasteiger partial charge in [0, 0.05) is 10.6 Å². The number of aliphatic carboxylic acids is 1. The first-order valence-electron chi connectivity index (χ1n) is 4.76. The number of carbonyl (C=O) groups excluding carboxylic acids is 1. The number of carboxylic acid groups (broad SMARTS) is 1. The molecule has 5 heteroatoms. The molecule has 1 aliphatic rings. The minimum absolute atomic E-state index is 0.106. The first-order valence-corrected chi connectivity index (χ1v) is 5.14. The fourth-order valence-corrected chi connectivity index (χ4v) is 2.00. The van der Waals surface area contributed by atoms with Crippen molar-refractivity contribution in [3.8, 4) is 0 Å². The van der Waals surface area contributed by atoms with Gasteiger partial charge in [0.2, 0.25) is 0 Å². The van der Waals surface area contributed by atoms with Crippen molar-refractivity contribution < 1.29 is 19.4 Å². The molecule has 2 rings (SSSR count). The Hall–Kier alpha value is -1.55. The Morgan fingerprint density at radius 1 is 1.44 bits per heavy atom. The van der Waals surface area contributed by atoms with Crippen molar-refractivity contribution in [2.24, 2.45) is 5.92 Å². The molecule has 1 fully saturated rings. The maximum atomic E-state index is 11.1. The Morgan fingerprint density at radius 3 is 2.75 bits per heavy atom. The number of cyclic esters (lactones) is 1. The van der Waals surface area contributed by atoms with Crippen LogP contribution in [0.1, 0.15) is 18.1 Å². The van der Waals surface area contributed by atoms with Crippen LogP contribution < -0.4 is 0 Å². The van der Waals surface area contributed by atoms with Gasteiger partial charge in [0.1, 0.15) is 12.0 Å². The molecular weight excluding hydrogens is 232 g/mol. The van der Waals surface area contributed by atoms with E-state index in [0.717, 1.165) is 0 Å². The highest BCUT2D eigenvalue weighted by Gasteiger charge is 2.41. The quantitative estimate of drug-likeness (QED) is 0.804. The number of rotatable bonds is 2. The number of carbonyl (C=O) groups is 2. The van der Waals surface area contributed by atoms with Crippen molar-refractivity contribution in [3.63, 3.8) is 0 Å². The summed E-state index contributed by atoms with van der Waals surface area (Å²) in [5.41, 5.74) is 0.544. The standard InChI is InChI=1S/C11H9ClO4/c12-8-4-2-1-3-6(8)10-7(11(14)15)5-9(13)16-10/h1-4,7,10H,5H2,(H,14,15). The Morgan fingerprint density at radius 2 is 2.12 bits per heavy atom. The molecule has 84 valence electrons. The van der Waals surface area contributed by atoms with Crippen LogP contribution in [-0.2, 0) is 14.3 Å². The van der Waals surface area contributed by atoms with Gasteiger partial charge in [-0.25, -0.2) is 0 Å². The number of hydrogen-bond acceptors (Lipinski definition) is 3. The molecule has 0 amide bonds. The molecule has 1 heterocycles. The van der Waals surface area contributed by atoms with Gasteiger partial charge in [0.05, 0.1) is 6.42 Å². The lowest BCUT2D eigenvalue weighted by molar-refractivity contribution is -0.144. The molecule has 16 heavy (non-hydrogen) atoms. The largest absolute Gasteiger partial charge is 0.481 e. The minimum atomic E-state index is -1.05. The average molecular weight is 241 g/mol. The Kier molecular flexibility index (Phi) is 2.83. The SMILES string of the molecule is O=C1CC(C(=O)O)C(c2ccccc2Cl)O1. The fraction of sp³-hybridized carbons (Fsp3) is 0.273. The number of esters is 1. The molecule has 1 aromatic carbocycles. The first kappa shape index (κ1) is 11.0. The van der Waals surface area contributed by atoms with Crippen LogP contribution in [0.5, 0.6) is 0 Å². The van der Waals surface area contributed by atoms with Crippen LogP contribution in [0.3, 0.4) is 0 Å². The third kappa shape index (κ3) is 1.88. The molecule has 1 aliphatic heterocycles. The highest BCUT2D eigenvalue weighted by atomic mass is 35.5. The maximum Gasteiger partial charge on any atom is 0.311 e. The van der Waals surface area contributed by atoms with Crippen molar-refractivity contribution in [3.05, 3.63) is 34.9 Å². The molecule has 4 nitrogen and oxygen atoms in total. The topological polar surface area (TPSA) is 63.6 Å². The first-order chi connectivity index (χ1) is 7.59. The van der Waals surface area contributed by atoms with E-state index >= 15 is 0 Å². The second kappa shape index (κ2) is 4.14. The van der Waals surface area contributed by atoms with Gasteiger partial charge in [-0.3, -0.25) is 9.59 Å². The lowest BCUT2D eigenvalue weighted by atomic mass is 9.95. The summed E-state index contributed by atoms with van der Waals surface area (Å²) < 4.78 is 5.00. The third-order valence-corrected chi connectivity index (χ3v) is 2.88. The highest BCUT2D eigenvalue weighted by molar-refractivity contribution is 6.31. The van der Waals surface area contributed by atoms with E-state index < -0.39 is 24.0 Å². The Labute approximate surface area is 96.8 Å². The van der Waals surface area contributed by atoms with E-state index in [1.807, 2.05) is 0 Å². The maximum absolute atomic E-state index is 11.1. The zero-order chi connectivity index (χ0) is 11.7. The van der Waals surface area contributed by atoms with Gasteiger partial charge in [-0.2, -0.15) is 0 Å². The van der Waals surface area contributed by atoms with Gasteiger partial charge in [0.15, 0.2) is 0 Å². The number of ether oxygens (including phenoxy) is 1. The molecule has 0 aromatic heterocycles. The van der Waals surface area contributed by atoms with E-state index in [1.165, 1.54) is 0 Å². The van der Waals surface area contributed by atoms with Crippen LogP contribution in [0, 0.1) is 5.92 Å². The highest BCUT2D eigenvalue weighted by Crippen LogP contribution is 2.38. The smallest absolute Gasteiger partial charge is 0.311 e. The van der Waals surface area contributed by atoms with E-state index in [9.17, 15) is 9.59 Å². The van der Waals surface area contributed by atoms with Gasteiger partial charge < -0.3 is 9.84 Å². The molecule has 1 saturated heterocycles. The van der Waals surface area contributed by atoms with Crippen molar-refractivity contribution in [1.29, 1.82) is 0 Å². The van der Waals surface area contributed by atoms with Crippen LogP contribution in [-0.4, -0.2) is 17.0 Å². The van der Waals surface area contributed by atoms with E-state index in [-0.39, 0.29) is 6.42 Å². The summed E-state index contributed by atoms with van der Waals surface area (Å²) in [6.07, 6.45) is -0.885. The molecule has 1 N–H and O–H groups in total. The fourth-order valence-electron chi connectivity index (χ4n) is 1.76. The van der Waals surface area contributed by atoms with Crippen LogP contribution in [0.25, 0.3) is 0 Å². The lowest BCUT2D eigenvalue weighted by Crippen LogP contribution is -2.17. The van der Waals surface area contributed by atoms with Gasteiger partial charge >= 0.3 is 11.9 Å². The normalized spacial score (nSPS) is 24.2. The molecule has 0 saturated carbocycles. The van der Waals surface area contributed by atoms with E-state index in [4.69, 9.17) is 21.4 Å². The molecule has 0 bridgehead atoms. The zero-order valence-corrected chi connectivity index (χ0v) is 8.98. The number of halogens is 1. The predicted octanol–water partition coefficient (Wildman–Crippen LogP) is 2.03. The second-order valence-corrected chi connectivity index (χ2v) is 3.99. The molecular formula is C11H9ClO4. The van der Waals surface area contributed by atoms with Crippen LogP contribution >= 0.6 is 11.6 Å². The van der Waals surface area contributed by atoms with Crippen LogP contribution in [0.4, 0.5) is 0 Å². The minimum Gasteiger partial charge on any atom is -0.481 e. The summed E-state index contributed by atoms with van der Waals surface area (Å²) in [6.45, 7) is 0. The summed E-state index contributed by atoms with van der Waals surface area (Å²) >= 11 is 5.94. The van der Waals surface area contributed by atoms with E-state index in [1.54, 1.807) is 24.3 Å². The summed E-state index contributed by atoms with van der Waals surface area (Å²) in [6, 6.07) is 6.77. The summed E-state index contributed by atoms with van der Waals surface area (Å²) in [4.78, 5) is 22.1. The van der Waals surface area contributed by atoms with Crippen molar-refractivity contribution >= 4 is 23.5 Å². The van der Waals surface area contributed by atoms with Gasteiger partial charge in [0.25, 0.3) is 0 Å². The van der Waals surface area contributed by atoms with Gasteiger partial charge in [-0.1, -0.05) is 29.8 Å². The second-order valence-electron chi connectivity index (χ2n) is 3.58. The van der Waals surface area contributed by atoms with Crippen LogP contribution in [0.15, 0.2) is 24.3 Å². The average Bonchev–Trinajstić information content (AvgIpc) is 2.61. The lowest BCUT2D eigenvalue weighted by Gasteiger charge is -2.15. The summed E-state index contributed by atoms with van der Waals surface area (Å²) in [5.74, 6) is -2.40. The van der Waals surface area contributed by atoms with Gasteiger partial charge in [-0.05, 0) is 6.07 Å². The monoisotopic (exact) mass is 240 g/mol. The van der Waals surface area contributed by atoms with Gasteiger partial charge in [-0.15, -0.1) is 0 Å². The summed E-state index contributed by atoms with van der Waals surface area (Å²) in [5, 5.41) is 9.39. The summed E-state index contributed by atoms with van der Waals surface area (Å²) in [7, 11) is 0. The Bertz CT molecular complexity index is 443. The number of hydrogen-bond donors (Lipinski definition) is 1. The number of benzene rings is 1. The van der Waals surface area contributed by atoms with E-state index in [0.29, 0.717) is 10.6 Å². The van der Waals surface area contributed by atoms with Crippen molar-refractivity contribution in [2.45, 2.75) is 12.5 Å². The molecule has 0 radical (unpaired) electrons. The predicted molar refractivity (Wildman–Crippen MR) is 56.0 cm³/mol. The Balaban J connectivity index is 2.36. The molecule has 2 unspecified atom stereocenters. The van der Waals surface area contributed by atoms with Crippen LogP contribution in [0.2, 0.25) is 5.02 Å².